The van der Waals surface area contributed by atoms with Crippen LogP contribution in [0, 0.1) is 23.2 Å². The Labute approximate surface area is 202 Å². The fourth-order valence-electron chi connectivity index (χ4n) is 5.22. The Morgan fingerprint density at radius 3 is 2.21 bits per heavy atom. The number of amides is 2. The van der Waals surface area contributed by atoms with Crippen molar-refractivity contribution in [2.24, 2.45) is 11.8 Å². The first-order valence-corrected chi connectivity index (χ1v) is 12.4. The number of carbonyl (C=O) groups excluding carboxylic acids is 2. The van der Waals surface area contributed by atoms with E-state index < -0.39 is 5.41 Å². The van der Waals surface area contributed by atoms with Crippen LogP contribution in [-0.4, -0.2) is 36.3 Å². The second-order valence-corrected chi connectivity index (χ2v) is 9.42. The lowest BCUT2D eigenvalue weighted by Crippen LogP contribution is -2.49. The molecular weight excluding hydrogens is 422 g/mol. The molecule has 1 N–H and O–H groups in total. The molecule has 0 radical (unpaired) electrons. The number of rotatable bonds is 7. The largest absolute Gasteiger partial charge is 0.356 e. The van der Waals surface area contributed by atoms with E-state index in [2.05, 4.69) is 23.5 Å². The molecule has 4 rings (SSSR count). The molecule has 0 aromatic heterocycles. The van der Waals surface area contributed by atoms with Crippen LogP contribution in [0.25, 0.3) is 0 Å². The third kappa shape index (κ3) is 5.39. The Morgan fingerprint density at radius 1 is 0.941 bits per heavy atom. The lowest BCUT2D eigenvalue weighted by atomic mass is 9.73. The number of nitriles is 1. The Morgan fingerprint density at radius 2 is 1.56 bits per heavy atom. The minimum absolute atomic E-state index is 0.0246. The molecule has 176 valence electrons. The van der Waals surface area contributed by atoms with Crippen LogP contribution >= 0.6 is 0 Å². The van der Waals surface area contributed by atoms with Crippen LogP contribution in [0.3, 0.4) is 0 Å². The van der Waals surface area contributed by atoms with Gasteiger partial charge in [-0.3, -0.25) is 9.59 Å². The molecule has 0 saturated carbocycles. The second-order valence-electron chi connectivity index (χ2n) is 9.42. The normalized spacial score (nSPS) is 21.4. The van der Waals surface area contributed by atoms with E-state index in [9.17, 15) is 14.9 Å². The molecule has 1 saturated heterocycles. The number of likely N-dealkylation sites (tertiary alicyclic amines) is 1. The predicted molar refractivity (Wildman–Crippen MR) is 133 cm³/mol. The summed E-state index contributed by atoms with van der Waals surface area (Å²) >= 11 is 0. The molecule has 0 spiro atoms. The summed E-state index contributed by atoms with van der Waals surface area (Å²) in [5.74, 6) is -0.631. The smallest absolute Gasteiger partial charge is 0.226 e. The Balaban J connectivity index is 1.32. The molecule has 1 aliphatic carbocycles. The summed E-state index contributed by atoms with van der Waals surface area (Å²) in [6.07, 6.45) is 8.28. The van der Waals surface area contributed by atoms with Gasteiger partial charge in [0.1, 0.15) is 0 Å². The molecule has 0 bridgehead atoms. The van der Waals surface area contributed by atoms with E-state index in [1.165, 1.54) is 5.56 Å². The van der Waals surface area contributed by atoms with Crippen molar-refractivity contribution in [2.75, 3.05) is 19.6 Å². The lowest BCUT2D eigenvalue weighted by molar-refractivity contribution is -0.143. The first-order valence-electron chi connectivity index (χ1n) is 12.4. The minimum Gasteiger partial charge on any atom is -0.356 e. The van der Waals surface area contributed by atoms with Crippen molar-refractivity contribution >= 4 is 11.8 Å². The van der Waals surface area contributed by atoms with Crippen molar-refractivity contribution in [3.8, 4) is 6.07 Å². The van der Waals surface area contributed by atoms with E-state index in [-0.39, 0.29) is 23.7 Å². The van der Waals surface area contributed by atoms with Crippen molar-refractivity contribution in [2.45, 2.75) is 43.9 Å². The maximum atomic E-state index is 13.4. The van der Waals surface area contributed by atoms with Crippen LogP contribution < -0.4 is 5.32 Å². The van der Waals surface area contributed by atoms with Crippen LogP contribution in [0.15, 0.2) is 72.8 Å². The number of nitrogens with zero attached hydrogens (tertiary/aromatic N) is 2. The van der Waals surface area contributed by atoms with Gasteiger partial charge < -0.3 is 10.2 Å². The van der Waals surface area contributed by atoms with Gasteiger partial charge in [-0.1, -0.05) is 72.8 Å². The zero-order valence-electron chi connectivity index (χ0n) is 19.7. The summed E-state index contributed by atoms with van der Waals surface area (Å²) < 4.78 is 0. The number of hydrogen-bond acceptors (Lipinski definition) is 3. The number of piperidine rings is 1. The van der Waals surface area contributed by atoms with Crippen LogP contribution in [-0.2, 0) is 21.4 Å². The molecule has 1 aliphatic heterocycles. The fourth-order valence-corrected chi connectivity index (χ4v) is 5.22. The summed E-state index contributed by atoms with van der Waals surface area (Å²) in [6.45, 7) is 1.71. The van der Waals surface area contributed by atoms with Gasteiger partial charge in [-0.25, -0.2) is 0 Å². The molecular formula is C29H33N3O2. The van der Waals surface area contributed by atoms with Gasteiger partial charge in [-0.15, -0.1) is 0 Å². The summed E-state index contributed by atoms with van der Waals surface area (Å²) in [5.41, 5.74) is 1.75. The number of hydrogen-bond donors (Lipinski definition) is 1. The monoisotopic (exact) mass is 455 g/mol. The highest BCUT2D eigenvalue weighted by Crippen LogP contribution is 2.36. The molecule has 2 aromatic carbocycles. The van der Waals surface area contributed by atoms with Crippen molar-refractivity contribution in [1.29, 1.82) is 5.26 Å². The standard InChI is InChI=1S/C29H33N3O2/c30-22-29(24-13-5-2-6-14-24)17-20-32(21-18-29)28(34)26-16-8-7-15-25(26)27(33)31-19-9-12-23-10-3-1-4-11-23/h1-8,10-11,13-14,25-26H,9,12,15-21H2,(H,31,33). The molecule has 1 heterocycles. The third-order valence-corrected chi connectivity index (χ3v) is 7.34. The first-order chi connectivity index (χ1) is 16.6. The average Bonchev–Trinajstić information content (AvgIpc) is 2.91. The SMILES string of the molecule is N#CC1(c2ccccc2)CCN(C(=O)C2CC=CCC2C(=O)NCCCc2ccccc2)CC1. The van der Waals surface area contributed by atoms with Gasteiger partial charge in [0, 0.05) is 19.6 Å². The summed E-state index contributed by atoms with van der Waals surface area (Å²) in [5, 5.41) is 13.0. The number of carbonyl (C=O) groups is 2. The van der Waals surface area contributed by atoms with Crippen LogP contribution in [0.1, 0.15) is 43.2 Å². The van der Waals surface area contributed by atoms with Gasteiger partial charge in [-0.05, 0) is 49.7 Å². The van der Waals surface area contributed by atoms with E-state index in [0.29, 0.717) is 45.3 Å². The quantitative estimate of drug-likeness (QED) is 0.497. The van der Waals surface area contributed by atoms with Crippen LogP contribution in [0.2, 0.25) is 0 Å². The molecule has 2 atom stereocenters. The molecule has 2 unspecified atom stereocenters. The predicted octanol–water partition coefficient (Wildman–Crippen LogP) is 4.40. The number of benzene rings is 2. The van der Waals surface area contributed by atoms with Gasteiger partial charge in [0.25, 0.3) is 0 Å². The van der Waals surface area contributed by atoms with Crippen molar-refractivity contribution < 1.29 is 9.59 Å². The first kappa shape index (κ1) is 23.8. The lowest BCUT2D eigenvalue weighted by Gasteiger charge is -2.40. The van der Waals surface area contributed by atoms with Crippen LogP contribution in [0.5, 0.6) is 0 Å². The Kier molecular flexibility index (Phi) is 7.80. The van der Waals surface area contributed by atoms with Gasteiger partial charge in [0.15, 0.2) is 0 Å². The maximum Gasteiger partial charge on any atom is 0.226 e. The van der Waals surface area contributed by atoms with E-state index in [1.54, 1.807) is 0 Å². The second kappa shape index (κ2) is 11.2. The number of allylic oxidation sites excluding steroid dienone is 2. The van der Waals surface area contributed by atoms with E-state index >= 15 is 0 Å². The Hall–Kier alpha value is -3.39. The maximum absolute atomic E-state index is 13.4. The zero-order valence-corrected chi connectivity index (χ0v) is 19.7. The molecule has 2 amide bonds. The van der Waals surface area contributed by atoms with E-state index in [0.717, 1.165) is 18.4 Å². The average molecular weight is 456 g/mol. The molecule has 34 heavy (non-hydrogen) atoms. The molecule has 1 fully saturated rings. The highest BCUT2D eigenvalue weighted by molar-refractivity contribution is 5.88. The van der Waals surface area contributed by atoms with Gasteiger partial charge in [0.05, 0.1) is 23.3 Å². The van der Waals surface area contributed by atoms with Gasteiger partial charge in [-0.2, -0.15) is 5.26 Å². The summed E-state index contributed by atoms with van der Waals surface area (Å²) in [4.78, 5) is 28.3. The topological polar surface area (TPSA) is 73.2 Å². The molecule has 2 aromatic rings. The van der Waals surface area contributed by atoms with Gasteiger partial charge >= 0.3 is 0 Å². The summed E-state index contributed by atoms with van der Waals surface area (Å²) in [6, 6.07) is 22.7. The van der Waals surface area contributed by atoms with E-state index in [1.807, 2.05) is 65.6 Å². The molecule has 5 nitrogen and oxygen atoms in total. The van der Waals surface area contributed by atoms with Crippen molar-refractivity contribution in [3.63, 3.8) is 0 Å². The minimum atomic E-state index is -0.542. The summed E-state index contributed by atoms with van der Waals surface area (Å²) in [7, 11) is 0. The molecule has 2 aliphatic rings. The van der Waals surface area contributed by atoms with Gasteiger partial charge in [0.2, 0.25) is 11.8 Å². The fraction of sp³-hybridized carbons (Fsp3) is 0.414. The number of aryl methyl sites for hydroxylation is 1. The molecule has 5 heteroatoms. The highest BCUT2D eigenvalue weighted by atomic mass is 16.2. The van der Waals surface area contributed by atoms with Crippen LogP contribution in [0.4, 0.5) is 0 Å². The zero-order chi connectivity index (χ0) is 23.8. The van der Waals surface area contributed by atoms with Crippen molar-refractivity contribution in [3.05, 3.63) is 83.9 Å². The highest BCUT2D eigenvalue weighted by Gasteiger charge is 2.41. The van der Waals surface area contributed by atoms with E-state index in [4.69, 9.17) is 0 Å². The third-order valence-electron chi connectivity index (χ3n) is 7.34. The van der Waals surface area contributed by atoms with Crippen molar-refractivity contribution in [1.82, 2.24) is 10.2 Å². The number of nitrogens with one attached hydrogen (secondary N) is 1. The Bertz CT molecular complexity index is 1030.